The fourth-order valence-electron chi connectivity index (χ4n) is 1.38. The molecule has 0 aliphatic rings. The van der Waals surface area contributed by atoms with Crippen LogP contribution in [0.4, 0.5) is 0 Å². The highest BCUT2D eigenvalue weighted by atomic mass is 32.2. The topological polar surface area (TPSA) is 116 Å². The van der Waals surface area contributed by atoms with Crippen LogP contribution in [-0.2, 0) is 23.9 Å². The third kappa shape index (κ3) is 10.6. The van der Waals surface area contributed by atoms with Gasteiger partial charge in [-0.25, -0.2) is 0 Å². The van der Waals surface area contributed by atoms with Crippen LogP contribution in [0.1, 0.15) is 61.3 Å². The van der Waals surface area contributed by atoms with Gasteiger partial charge in [-0.3, -0.25) is 13.8 Å². The van der Waals surface area contributed by atoms with E-state index in [1.807, 2.05) is 34.6 Å². The molecule has 1 atom stereocenters. The Balaban J connectivity index is 0. The molecule has 0 radical (unpaired) electrons. The molecule has 0 aliphatic carbocycles. The molecule has 0 heterocycles. The van der Waals surface area contributed by atoms with Crippen molar-refractivity contribution in [1.82, 2.24) is 5.32 Å². The molecule has 0 saturated heterocycles. The fourth-order valence-corrected chi connectivity index (χ4v) is 2.45. The molecular formula is C16H34N2O5S. The first-order chi connectivity index (χ1) is 10.6. The van der Waals surface area contributed by atoms with Crippen LogP contribution >= 0.6 is 0 Å². The van der Waals surface area contributed by atoms with Gasteiger partial charge in [-0.2, -0.15) is 8.42 Å². The van der Waals surface area contributed by atoms with Crippen LogP contribution in [0, 0.1) is 11.3 Å². The number of carbonyl (C=O) groups excluding carboxylic acids is 2. The van der Waals surface area contributed by atoms with E-state index in [4.69, 9.17) is 5.73 Å². The Morgan fingerprint density at radius 3 is 1.88 bits per heavy atom. The number of amides is 2. The second-order valence-electron chi connectivity index (χ2n) is 7.16. The summed E-state index contributed by atoms with van der Waals surface area (Å²) in [4.78, 5) is 22.1. The van der Waals surface area contributed by atoms with E-state index in [-0.39, 0.29) is 23.5 Å². The second kappa shape index (κ2) is 9.98. The molecule has 0 spiro atoms. The lowest BCUT2D eigenvalue weighted by Gasteiger charge is -2.30. The first kappa shape index (κ1) is 25.1. The molecule has 0 aromatic carbocycles. The maximum Gasteiger partial charge on any atom is 0.269 e. The highest BCUT2D eigenvalue weighted by Crippen LogP contribution is 2.21. The largest absolute Gasteiger partial charge is 0.369 e. The van der Waals surface area contributed by atoms with Crippen LogP contribution in [0.5, 0.6) is 0 Å². The van der Waals surface area contributed by atoms with E-state index >= 15 is 0 Å². The zero-order chi connectivity index (χ0) is 19.8. The van der Waals surface area contributed by atoms with Gasteiger partial charge >= 0.3 is 0 Å². The van der Waals surface area contributed by atoms with Gasteiger partial charge in [-0.15, -0.1) is 0 Å². The van der Waals surface area contributed by atoms with Crippen molar-refractivity contribution in [3.63, 3.8) is 0 Å². The first-order valence-electron chi connectivity index (χ1n) is 8.04. The second-order valence-corrected chi connectivity index (χ2v) is 8.89. The summed E-state index contributed by atoms with van der Waals surface area (Å²) in [5.41, 5.74) is 3.55. The Labute approximate surface area is 146 Å². The maximum atomic E-state index is 11.9. The molecule has 144 valence electrons. The summed E-state index contributed by atoms with van der Waals surface area (Å²) in [5, 5.41) is 2.74. The summed E-state index contributed by atoms with van der Waals surface area (Å²) in [5.74, 6) is -0.569. The van der Waals surface area contributed by atoms with Crippen LogP contribution in [-0.4, -0.2) is 38.6 Å². The normalized spacial score (nSPS) is 13.5. The molecule has 7 nitrogen and oxygen atoms in total. The Morgan fingerprint density at radius 2 is 1.62 bits per heavy atom. The molecule has 0 aliphatic heterocycles. The first-order valence-corrected chi connectivity index (χ1v) is 9.62. The molecule has 0 aromatic rings. The third-order valence-corrected chi connectivity index (χ3v) is 5.42. The van der Waals surface area contributed by atoms with Crippen LogP contribution in [0.15, 0.2) is 0 Å². The van der Waals surface area contributed by atoms with Crippen molar-refractivity contribution in [3.8, 4) is 0 Å². The molecule has 0 saturated carbocycles. The summed E-state index contributed by atoms with van der Waals surface area (Å²) in [6.45, 7) is 12.6. The number of hydrogen-bond donors (Lipinski definition) is 2. The van der Waals surface area contributed by atoms with E-state index in [0.717, 1.165) is 13.5 Å². The quantitative estimate of drug-likeness (QED) is 0.636. The highest BCUT2D eigenvalue weighted by molar-refractivity contribution is 7.86. The van der Waals surface area contributed by atoms with Crippen LogP contribution in [0.3, 0.4) is 0 Å². The molecule has 0 fully saturated rings. The van der Waals surface area contributed by atoms with Gasteiger partial charge < -0.3 is 11.1 Å². The van der Waals surface area contributed by atoms with E-state index < -0.39 is 21.1 Å². The number of rotatable bonds is 8. The van der Waals surface area contributed by atoms with Crippen molar-refractivity contribution >= 4 is 21.9 Å². The third-order valence-electron chi connectivity index (χ3n) is 3.84. The van der Waals surface area contributed by atoms with Gasteiger partial charge in [0.05, 0.1) is 18.4 Å². The van der Waals surface area contributed by atoms with E-state index in [1.54, 1.807) is 13.8 Å². The van der Waals surface area contributed by atoms with E-state index in [1.165, 1.54) is 0 Å². The van der Waals surface area contributed by atoms with Gasteiger partial charge in [0.15, 0.2) is 0 Å². The average molecular weight is 367 g/mol. The Morgan fingerprint density at radius 1 is 1.17 bits per heavy atom. The Hall–Kier alpha value is -1.15. The minimum Gasteiger partial charge on any atom is -0.369 e. The summed E-state index contributed by atoms with van der Waals surface area (Å²) in [7, 11) is -2.48. The SMILES string of the molecule is CCC(C)(C)C(=O)NC(C)(C)CS(=O)(=O)OC.CCC(C)C(N)=O. The number of primary amides is 1. The molecule has 1 unspecified atom stereocenters. The summed E-state index contributed by atoms with van der Waals surface area (Å²) in [6.07, 6.45) is 1.53. The van der Waals surface area contributed by atoms with Crippen LogP contribution in [0.25, 0.3) is 0 Å². The summed E-state index contributed by atoms with van der Waals surface area (Å²) >= 11 is 0. The van der Waals surface area contributed by atoms with E-state index in [0.29, 0.717) is 6.42 Å². The van der Waals surface area contributed by atoms with E-state index in [9.17, 15) is 18.0 Å². The molecule has 0 rings (SSSR count). The van der Waals surface area contributed by atoms with Crippen LogP contribution < -0.4 is 11.1 Å². The number of hydrogen-bond acceptors (Lipinski definition) is 5. The smallest absolute Gasteiger partial charge is 0.269 e. The van der Waals surface area contributed by atoms with Gasteiger partial charge in [0.25, 0.3) is 10.1 Å². The van der Waals surface area contributed by atoms with Crippen molar-refractivity contribution in [2.45, 2.75) is 66.8 Å². The van der Waals surface area contributed by atoms with Gasteiger partial charge in [0.1, 0.15) is 0 Å². The standard InChI is InChI=1S/C11H23NO4S.C5H11NO/c1-7-10(2,3)9(13)12-11(4,5)8-17(14,15)16-6;1-3-4(2)5(6)7/h7-8H2,1-6H3,(H,12,13);4H,3H2,1-2H3,(H2,6,7). The molecule has 0 aromatic heterocycles. The number of nitrogens with two attached hydrogens (primary N) is 1. The van der Waals surface area contributed by atoms with Crippen molar-refractivity contribution in [2.24, 2.45) is 17.1 Å². The molecule has 2 amide bonds. The van der Waals surface area contributed by atoms with Crippen molar-refractivity contribution in [2.75, 3.05) is 12.9 Å². The molecule has 8 heteroatoms. The lowest BCUT2D eigenvalue weighted by molar-refractivity contribution is -0.131. The maximum absolute atomic E-state index is 11.9. The lowest BCUT2D eigenvalue weighted by atomic mass is 9.88. The molecule has 3 N–H and O–H groups in total. The minimum absolute atomic E-state index is 0.0417. The fraction of sp³-hybridized carbons (Fsp3) is 0.875. The van der Waals surface area contributed by atoms with Crippen molar-refractivity contribution in [1.29, 1.82) is 0 Å². The van der Waals surface area contributed by atoms with Gasteiger partial charge in [-0.1, -0.05) is 34.6 Å². The monoisotopic (exact) mass is 366 g/mol. The Bertz CT molecular complexity index is 513. The summed E-state index contributed by atoms with van der Waals surface area (Å²) in [6, 6.07) is 0. The van der Waals surface area contributed by atoms with Crippen molar-refractivity contribution in [3.05, 3.63) is 0 Å². The summed E-state index contributed by atoms with van der Waals surface area (Å²) < 4.78 is 27.1. The predicted octanol–water partition coefficient (Wildman–Crippen LogP) is 1.81. The number of carbonyl (C=O) groups is 2. The van der Waals surface area contributed by atoms with Crippen LogP contribution in [0.2, 0.25) is 0 Å². The predicted molar refractivity (Wildman–Crippen MR) is 95.7 cm³/mol. The molecular weight excluding hydrogens is 332 g/mol. The van der Waals surface area contributed by atoms with Gasteiger partial charge in [0, 0.05) is 11.3 Å². The van der Waals surface area contributed by atoms with Crippen molar-refractivity contribution < 1.29 is 22.2 Å². The number of nitrogens with one attached hydrogen (secondary N) is 1. The van der Waals surface area contributed by atoms with Gasteiger partial charge in [-0.05, 0) is 26.7 Å². The Kier molecular flexibility index (Phi) is 10.4. The van der Waals surface area contributed by atoms with E-state index in [2.05, 4.69) is 9.50 Å². The zero-order valence-electron chi connectivity index (χ0n) is 16.2. The van der Waals surface area contributed by atoms with Gasteiger partial charge in [0.2, 0.25) is 11.8 Å². The average Bonchev–Trinajstić information content (AvgIpc) is 2.45. The molecule has 24 heavy (non-hydrogen) atoms. The minimum atomic E-state index is -3.59. The lowest BCUT2D eigenvalue weighted by Crippen LogP contribution is -2.52. The zero-order valence-corrected chi connectivity index (χ0v) is 17.0. The molecule has 0 bridgehead atoms. The highest BCUT2D eigenvalue weighted by Gasteiger charge is 2.33.